The minimum Gasteiger partial charge on any atom is -0.330 e. The Morgan fingerprint density at radius 3 is 2.69 bits per heavy atom. The molecule has 0 radical (unpaired) electrons. The van der Waals surface area contributed by atoms with Crippen molar-refractivity contribution in [1.82, 2.24) is 5.31 Å². The average molecular weight is 184 g/mol. The zero-order valence-electron chi connectivity index (χ0n) is 11.7. The van der Waals surface area contributed by atoms with Gasteiger partial charge < -0.3 is 5.31 Å². The fourth-order valence-electron chi connectivity index (χ4n) is 1.19. The predicted octanol–water partition coefficient (Wildman–Crippen LogP) is 2.46. The summed E-state index contributed by atoms with van der Waals surface area (Å²) in [5.74, 6) is -0.437. The standard InChI is InChI=1S/C11H19NO/c1-8-6-7-11(5,9(13)12-8)10(2,3)4/h1,6-7H2,2-5H3,(H,12,13)/i6D,7D/hD. The van der Waals surface area contributed by atoms with Crippen LogP contribution in [0.5, 0.6) is 0 Å². The molecule has 0 aliphatic carbocycles. The van der Waals surface area contributed by atoms with Crippen molar-refractivity contribution >= 4 is 5.91 Å². The van der Waals surface area contributed by atoms with Gasteiger partial charge in [0.2, 0.25) is 5.91 Å². The van der Waals surface area contributed by atoms with E-state index in [1.165, 1.54) is 0 Å². The maximum atomic E-state index is 12.1. The van der Waals surface area contributed by atoms with E-state index in [1.807, 2.05) is 20.8 Å². The maximum absolute atomic E-state index is 12.1. The molecule has 0 aromatic rings. The van der Waals surface area contributed by atoms with Gasteiger partial charge in [-0.2, -0.15) is 0 Å². The molecule has 2 nitrogen and oxygen atoms in total. The van der Waals surface area contributed by atoms with Crippen molar-refractivity contribution in [2.45, 2.75) is 40.5 Å². The number of piperidine rings is 1. The molecule has 1 N–H and O–H groups in total. The molecule has 1 rings (SSSR count). The van der Waals surface area contributed by atoms with E-state index < -0.39 is 29.5 Å². The van der Waals surface area contributed by atoms with Gasteiger partial charge in [0.15, 0.2) is 1.41 Å². The molecular weight excluding hydrogens is 162 g/mol. The van der Waals surface area contributed by atoms with Crippen molar-refractivity contribution < 1.29 is 8.95 Å². The van der Waals surface area contributed by atoms with Crippen LogP contribution in [0.4, 0.5) is 0 Å². The normalized spacial score (nSPS) is 45.5. The van der Waals surface area contributed by atoms with Gasteiger partial charge >= 0.3 is 0 Å². The minimum atomic E-state index is -1.03. The van der Waals surface area contributed by atoms with E-state index in [9.17, 15) is 4.79 Å². The Bertz CT molecular complexity index is 337. The lowest BCUT2D eigenvalue weighted by molar-refractivity contribution is -0.137. The van der Waals surface area contributed by atoms with Crippen molar-refractivity contribution in [3.8, 4) is 0 Å². The minimum absolute atomic E-state index is 0.0896. The highest BCUT2D eigenvalue weighted by molar-refractivity contribution is 5.85. The van der Waals surface area contributed by atoms with Crippen molar-refractivity contribution in [2.75, 3.05) is 0 Å². The molecular formula is C11H19NO. The van der Waals surface area contributed by atoms with Crippen LogP contribution in [-0.2, 0) is 4.79 Å². The van der Waals surface area contributed by atoms with Crippen LogP contribution >= 0.6 is 0 Å². The van der Waals surface area contributed by atoms with E-state index in [0.29, 0.717) is 5.31 Å². The third-order valence-corrected chi connectivity index (χ3v) is 2.86. The molecule has 1 fully saturated rings. The highest BCUT2D eigenvalue weighted by Crippen LogP contribution is 2.44. The quantitative estimate of drug-likeness (QED) is 0.615. The van der Waals surface area contributed by atoms with Crippen LogP contribution in [0, 0.1) is 10.8 Å². The van der Waals surface area contributed by atoms with Gasteiger partial charge in [-0.3, -0.25) is 4.79 Å². The first-order chi connectivity index (χ1) is 7.05. The Labute approximate surface area is 84.7 Å². The summed E-state index contributed by atoms with van der Waals surface area (Å²) in [5, 5.41) is 0.688. The van der Waals surface area contributed by atoms with Gasteiger partial charge in [0.1, 0.15) is 0 Å². The van der Waals surface area contributed by atoms with E-state index >= 15 is 0 Å². The first-order valence-corrected chi connectivity index (χ1v) is 4.42. The molecule has 3 unspecified atom stereocenters. The molecule has 1 amide bonds. The van der Waals surface area contributed by atoms with Gasteiger partial charge in [0, 0.05) is 8.44 Å². The largest absolute Gasteiger partial charge is 0.330 e. The number of rotatable bonds is 0. The van der Waals surface area contributed by atoms with E-state index in [4.69, 9.17) is 4.15 Å². The lowest BCUT2D eigenvalue weighted by Gasteiger charge is -2.43. The number of nitrogens with one attached hydrogen (secondary N) is 1. The van der Waals surface area contributed by atoms with Gasteiger partial charge in [0.05, 0.1) is 5.41 Å². The summed E-state index contributed by atoms with van der Waals surface area (Å²) in [7, 11) is 0. The SMILES string of the molecule is [2H]C1C(=C)N([2H])C(=O)C(C)(C(C)(C)C)C1[2H]. The Morgan fingerprint density at radius 2 is 2.23 bits per heavy atom. The van der Waals surface area contributed by atoms with Crippen LogP contribution in [0.1, 0.15) is 43.2 Å². The van der Waals surface area contributed by atoms with Crippen molar-refractivity contribution in [2.24, 2.45) is 10.8 Å². The van der Waals surface area contributed by atoms with Crippen molar-refractivity contribution in [1.29, 1.82) is 0 Å². The van der Waals surface area contributed by atoms with Crippen LogP contribution in [0.25, 0.3) is 0 Å². The number of amides is 1. The smallest absolute Gasteiger partial charge is 0.230 e. The number of carbonyl (C=O) groups excluding carboxylic acids is 1. The van der Waals surface area contributed by atoms with Crippen LogP contribution < -0.4 is 5.31 Å². The van der Waals surface area contributed by atoms with Gasteiger partial charge in [-0.1, -0.05) is 34.3 Å². The summed E-state index contributed by atoms with van der Waals surface area (Å²) in [6.07, 6.45) is -1.80. The van der Waals surface area contributed by atoms with Crippen LogP contribution in [0.2, 0.25) is 1.41 Å². The summed E-state index contributed by atoms with van der Waals surface area (Å²) in [6.45, 7) is 10.8. The molecule has 2 heteroatoms. The highest BCUT2D eigenvalue weighted by atomic mass is 16.2. The summed E-state index contributed by atoms with van der Waals surface area (Å²) in [6, 6.07) is 0. The first kappa shape index (κ1) is 6.63. The molecule has 13 heavy (non-hydrogen) atoms. The van der Waals surface area contributed by atoms with E-state index in [2.05, 4.69) is 6.58 Å². The molecule has 0 bridgehead atoms. The molecule has 0 aromatic carbocycles. The molecule has 1 heterocycles. The third kappa shape index (κ3) is 1.62. The highest BCUT2D eigenvalue weighted by Gasteiger charge is 2.45. The Hall–Kier alpha value is -0.790. The summed E-state index contributed by atoms with van der Waals surface area (Å²) >= 11 is 0. The average Bonchev–Trinajstić information content (AvgIpc) is 2.19. The molecule has 3 atom stereocenters. The Morgan fingerprint density at radius 1 is 1.69 bits per heavy atom. The lowest BCUT2D eigenvalue weighted by atomic mass is 9.63. The number of allylic oxidation sites excluding steroid dienone is 1. The molecule has 0 saturated carbocycles. The van der Waals surface area contributed by atoms with Gasteiger partial charge in [-0.05, 0) is 18.2 Å². The summed E-state index contributed by atoms with van der Waals surface area (Å²) < 4.78 is 23.5. The predicted molar refractivity (Wildman–Crippen MR) is 54.1 cm³/mol. The molecule has 0 spiro atoms. The molecule has 1 aliphatic rings. The lowest BCUT2D eigenvalue weighted by Crippen LogP contribution is -2.49. The van der Waals surface area contributed by atoms with Gasteiger partial charge in [-0.15, -0.1) is 0 Å². The number of hydrogen-bond acceptors (Lipinski definition) is 1. The Kier molecular flexibility index (Phi) is 1.46. The third-order valence-electron chi connectivity index (χ3n) is 2.86. The van der Waals surface area contributed by atoms with Crippen molar-refractivity contribution in [3.63, 3.8) is 0 Å². The van der Waals surface area contributed by atoms with Crippen LogP contribution in [0.15, 0.2) is 12.3 Å². The zero-order chi connectivity index (χ0) is 12.9. The second-order valence-corrected chi connectivity index (χ2v) is 4.69. The molecule has 0 aromatic heterocycles. The van der Waals surface area contributed by atoms with Gasteiger partial charge in [0.25, 0.3) is 0 Å². The molecule has 1 aliphatic heterocycles. The molecule has 1 saturated heterocycles. The first-order valence-electron chi connectivity index (χ1n) is 6.02. The van der Waals surface area contributed by atoms with E-state index in [-0.39, 0.29) is 5.70 Å². The second-order valence-electron chi connectivity index (χ2n) is 4.69. The molecule has 74 valence electrons. The summed E-state index contributed by atoms with van der Waals surface area (Å²) in [5.41, 5.74) is -1.40. The van der Waals surface area contributed by atoms with Crippen molar-refractivity contribution in [3.05, 3.63) is 12.3 Å². The number of carbonyl (C=O) groups is 1. The Balaban J connectivity index is 3.29. The van der Waals surface area contributed by atoms with E-state index in [1.54, 1.807) is 6.92 Å². The topological polar surface area (TPSA) is 29.1 Å². The monoisotopic (exact) mass is 184 g/mol. The fraction of sp³-hybridized carbons (Fsp3) is 0.727. The van der Waals surface area contributed by atoms with Gasteiger partial charge in [-0.25, -0.2) is 0 Å². The van der Waals surface area contributed by atoms with Crippen LogP contribution in [0.3, 0.4) is 0 Å². The second kappa shape index (κ2) is 2.86. The number of hydrogen-bond donors (Lipinski definition) is 1. The van der Waals surface area contributed by atoms with Crippen LogP contribution in [-0.4, -0.2) is 5.91 Å². The summed E-state index contributed by atoms with van der Waals surface area (Å²) in [4.78, 5) is 12.1. The zero-order valence-corrected chi connectivity index (χ0v) is 8.72. The maximum Gasteiger partial charge on any atom is 0.230 e. The fourth-order valence-corrected chi connectivity index (χ4v) is 1.19. The van der Waals surface area contributed by atoms with E-state index in [0.717, 1.165) is 0 Å².